The van der Waals surface area contributed by atoms with Gasteiger partial charge >= 0.3 is 0 Å². The smallest absolute Gasteiger partial charge is 0.264 e. The number of nitrogens with zero attached hydrogens (tertiary/aromatic N) is 2. The maximum Gasteiger partial charge on any atom is 0.264 e. The first-order chi connectivity index (χ1) is 18.4. The lowest BCUT2D eigenvalue weighted by Gasteiger charge is -2.32. The van der Waals surface area contributed by atoms with Gasteiger partial charge in [0.2, 0.25) is 11.8 Å². The quantitative estimate of drug-likeness (QED) is 0.338. The zero-order valence-corrected chi connectivity index (χ0v) is 24.6. The van der Waals surface area contributed by atoms with Crippen LogP contribution < -0.4 is 9.62 Å². The third-order valence-corrected chi connectivity index (χ3v) is 8.37. The topological polar surface area (TPSA) is 86.8 Å². The summed E-state index contributed by atoms with van der Waals surface area (Å²) in [5.41, 5.74) is 3.10. The Morgan fingerprint density at radius 3 is 1.92 bits per heavy atom. The Hall–Kier alpha value is -3.36. The van der Waals surface area contributed by atoms with Crippen LogP contribution in [-0.4, -0.2) is 44.3 Å². The molecule has 0 aromatic heterocycles. The van der Waals surface area contributed by atoms with E-state index in [1.54, 1.807) is 43.3 Å². The lowest BCUT2D eigenvalue weighted by Crippen LogP contribution is -2.51. The van der Waals surface area contributed by atoms with Crippen molar-refractivity contribution in [2.24, 2.45) is 5.92 Å². The van der Waals surface area contributed by atoms with Crippen LogP contribution in [-0.2, 0) is 26.2 Å². The fourth-order valence-electron chi connectivity index (χ4n) is 3.90. The summed E-state index contributed by atoms with van der Waals surface area (Å²) in [6.45, 7) is 9.58. The Morgan fingerprint density at radius 1 is 0.846 bits per heavy atom. The zero-order chi connectivity index (χ0) is 28.7. The molecule has 9 heteroatoms. The molecule has 0 aliphatic rings. The molecule has 7 nitrogen and oxygen atoms in total. The van der Waals surface area contributed by atoms with Gasteiger partial charge in [-0.25, -0.2) is 8.42 Å². The lowest BCUT2D eigenvalue weighted by molar-refractivity contribution is -0.139. The van der Waals surface area contributed by atoms with Gasteiger partial charge in [-0.1, -0.05) is 73.0 Å². The largest absolute Gasteiger partial charge is 0.354 e. The second-order valence-corrected chi connectivity index (χ2v) is 12.4. The highest BCUT2D eigenvalue weighted by Crippen LogP contribution is 2.26. The fourth-order valence-corrected chi connectivity index (χ4v) is 5.44. The monoisotopic (exact) mass is 569 g/mol. The molecule has 3 rings (SSSR count). The first-order valence-corrected chi connectivity index (χ1v) is 14.7. The number of sulfonamides is 1. The molecule has 3 aromatic rings. The van der Waals surface area contributed by atoms with Gasteiger partial charge in [0.05, 0.1) is 10.6 Å². The maximum absolute atomic E-state index is 13.9. The summed E-state index contributed by atoms with van der Waals surface area (Å²) < 4.78 is 28.7. The summed E-state index contributed by atoms with van der Waals surface area (Å²) in [6.07, 6.45) is 0. The predicted molar refractivity (Wildman–Crippen MR) is 156 cm³/mol. The van der Waals surface area contributed by atoms with Crippen LogP contribution >= 0.6 is 11.6 Å². The van der Waals surface area contributed by atoms with E-state index in [0.29, 0.717) is 17.3 Å². The van der Waals surface area contributed by atoms with Crippen LogP contribution in [0, 0.1) is 19.8 Å². The van der Waals surface area contributed by atoms with Crippen molar-refractivity contribution in [3.05, 3.63) is 94.5 Å². The predicted octanol–water partition coefficient (Wildman–Crippen LogP) is 5.34. The van der Waals surface area contributed by atoms with Crippen molar-refractivity contribution in [2.75, 3.05) is 17.4 Å². The number of halogens is 1. The van der Waals surface area contributed by atoms with E-state index in [2.05, 4.69) is 5.32 Å². The Labute approximate surface area is 236 Å². The third kappa shape index (κ3) is 8.07. The number of hydrogen-bond acceptors (Lipinski definition) is 4. The molecule has 0 aliphatic carbocycles. The third-order valence-electron chi connectivity index (χ3n) is 6.33. The van der Waals surface area contributed by atoms with Crippen molar-refractivity contribution in [1.29, 1.82) is 0 Å². The second kappa shape index (κ2) is 13.1. The van der Waals surface area contributed by atoms with Gasteiger partial charge in [-0.3, -0.25) is 13.9 Å². The van der Waals surface area contributed by atoms with E-state index in [-0.39, 0.29) is 23.3 Å². The number of hydrogen-bond donors (Lipinski definition) is 1. The molecule has 0 saturated heterocycles. The number of carbonyl (C=O) groups is 2. The number of aryl methyl sites for hydroxylation is 2. The molecule has 1 atom stereocenters. The van der Waals surface area contributed by atoms with Gasteiger partial charge in [-0.2, -0.15) is 0 Å². The summed E-state index contributed by atoms with van der Waals surface area (Å²) in [5.74, 6) is -0.570. The molecule has 0 heterocycles. The van der Waals surface area contributed by atoms with Gasteiger partial charge in [0, 0.05) is 18.1 Å². The van der Waals surface area contributed by atoms with Crippen LogP contribution in [0.1, 0.15) is 37.5 Å². The summed E-state index contributed by atoms with van der Waals surface area (Å²) >= 11 is 6.06. The highest BCUT2D eigenvalue weighted by Gasteiger charge is 2.32. The van der Waals surface area contributed by atoms with Crippen LogP contribution in [0.3, 0.4) is 0 Å². The molecule has 0 saturated carbocycles. The first kappa shape index (κ1) is 30.2. The van der Waals surface area contributed by atoms with Crippen LogP contribution in [0.2, 0.25) is 5.02 Å². The van der Waals surface area contributed by atoms with Gasteiger partial charge < -0.3 is 10.2 Å². The molecule has 0 spiro atoms. The molecule has 0 radical (unpaired) electrons. The molecular weight excluding hydrogens is 534 g/mol. The van der Waals surface area contributed by atoms with Crippen LogP contribution in [0.25, 0.3) is 0 Å². The second-order valence-electron chi connectivity index (χ2n) is 10.1. The average molecular weight is 570 g/mol. The normalized spacial score (nSPS) is 12.2. The van der Waals surface area contributed by atoms with Crippen molar-refractivity contribution in [1.82, 2.24) is 10.2 Å². The van der Waals surface area contributed by atoms with E-state index in [4.69, 9.17) is 11.6 Å². The van der Waals surface area contributed by atoms with Crippen molar-refractivity contribution < 1.29 is 18.0 Å². The van der Waals surface area contributed by atoms with Crippen molar-refractivity contribution in [3.63, 3.8) is 0 Å². The lowest BCUT2D eigenvalue weighted by atomic mass is 10.1. The SMILES string of the molecule is Cc1ccc(CN(C(=O)CN(c2ccc(Cl)cc2)S(=O)(=O)c2ccc(C)cc2)[C@H](C)C(=O)NCC(C)C)cc1. The van der Waals surface area contributed by atoms with Gasteiger partial charge in [0.25, 0.3) is 10.0 Å². The Bertz CT molecular complexity index is 1370. The van der Waals surface area contributed by atoms with Crippen molar-refractivity contribution in [3.8, 4) is 0 Å². The minimum Gasteiger partial charge on any atom is -0.354 e. The van der Waals surface area contributed by atoms with E-state index < -0.39 is 28.5 Å². The number of anilines is 1. The van der Waals surface area contributed by atoms with Gasteiger partial charge in [0.15, 0.2) is 0 Å². The number of carbonyl (C=O) groups excluding carboxylic acids is 2. The highest BCUT2D eigenvalue weighted by molar-refractivity contribution is 7.92. The van der Waals surface area contributed by atoms with E-state index in [9.17, 15) is 18.0 Å². The highest BCUT2D eigenvalue weighted by atomic mass is 35.5. The Morgan fingerprint density at radius 2 is 1.38 bits per heavy atom. The van der Waals surface area contributed by atoms with E-state index in [0.717, 1.165) is 21.0 Å². The van der Waals surface area contributed by atoms with Gasteiger partial charge in [0.1, 0.15) is 12.6 Å². The van der Waals surface area contributed by atoms with Crippen molar-refractivity contribution in [2.45, 2.75) is 52.1 Å². The molecular formula is C30H36ClN3O4S. The van der Waals surface area contributed by atoms with Gasteiger partial charge in [-0.15, -0.1) is 0 Å². The standard InChI is InChI=1S/C30H36ClN3O4S/c1-21(2)18-32-30(36)24(5)33(19-25-10-6-22(3)7-11-25)29(35)20-34(27-14-12-26(31)13-15-27)39(37,38)28-16-8-23(4)9-17-28/h6-17,21,24H,18-20H2,1-5H3,(H,32,36)/t24-/m1/s1. The molecule has 2 amide bonds. The molecule has 0 aliphatic heterocycles. The molecule has 208 valence electrons. The molecule has 1 N–H and O–H groups in total. The molecule has 0 bridgehead atoms. The summed E-state index contributed by atoms with van der Waals surface area (Å²) in [4.78, 5) is 28.4. The van der Waals surface area contributed by atoms with Gasteiger partial charge in [-0.05, 0) is 68.7 Å². The summed E-state index contributed by atoms with van der Waals surface area (Å²) in [7, 11) is -4.12. The van der Waals surface area contributed by atoms with Crippen LogP contribution in [0.4, 0.5) is 5.69 Å². The molecule has 3 aromatic carbocycles. The first-order valence-electron chi connectivity index (χ1n) is 12.9. The number of rotatable bonds is 11. The fraction of sp³-hybridized carbons (Fsp3) is 0.333. The average Bonchev–Trinajstić information content (AvgIpc) is 2.90. The molecule has 0 unspecified atom stereocenters. The molecule has 39 heavy (non-hydrogen) atoms. The number of benzene rings is 3. The Kier molecular flexibility index (Phi) is 10.2. The molecule has 0 fully saturated rings. The van der Waals surface area contributed by atoms with E-state index in [1.165, 1.54) is 17.0 Å². The van der Waals surface area contributed by atoms with Crippen LogP contribution in [0.15, 0.2) is 77.7 Å². The number of amides is 2. The summed E-state index contributed by atoms with van der Waals surface area (Å²) in [6, 6.07) is 19.6. The summed E-state index contributed by atoms with van der Waals surface area (Å²) in [5, 5.41) is 3.32. The zero-order valence-electron chi connectivity index (χ0n) is 23.0. The minimum atomic E-state index is -4.12. The van der Waals surface area contributed by atoms with Crippen molar-refractivity contribution >= 4 is 39.1 Å². The van der Waals surface area contributed by atoms with Crippen LogP contribution in [0.5, 0.6) is 0 Å². The van der Waals surface area contributed by atoms with E-state index >= 15 is 0 Å². The maximum atomic E-state index is 13.9. The van der Waals surface area contributed by atoms with E-state index in [1.807, 2.05) is 52.0 Å². The Balaban J connectivity index is 2.00. The minimum absolute atomic E-state index is 0.0589. The number of nitrogens with one attached hydrogen (secondary N) is 1.